The van der Waals surface area contributed by atoms with E-state index in [9.17, 15) is 14.7 Å². The number of carbonyl (C=O) groups is 1. The van der Waals surface area contributed by atoms with Gasteiger partial charge in [0, 0.05) is 31.5 Å². The number of anilines is 1. The number of nitrogens with zero attached hydrogens (tertiary/aromatic N) is 1. The number of ketones is 1. The minimum Gasteiger partial charge on any atom is -0.507 e. The molecule has 1 heterocycles. The third-order valence-corrected chi connectivity index (χ3v) is 4.02. The third kappa shape index (κ3) is 4.33. The molecule has 2 aromatic rings. The Morgan fingerprint density at radius 2 is 1.92 bits per heavy atom. The van der Waals surface area contributed by atoms with Gasteiger partial charge in [-0.3, -0.25) is 9.59 Å². The predicted molar refractivity (Wildman–Crippen MR) is 103 cm³/mol. The summed E-state index contributed by atoms with van der Waals surface area (Å²) in [4.78, 5) is 24.4. The molecular weight excluding hydrogens is 338 g/mol. The van der Waals surface area contributed by atoms with Crippen molar-refractivity contribution in [3.63, 3.8) is 0 Å². The number of aromatic hydroxyl groups is 1. The molecule has 0 unspecified atom stereocenters. The van der Waals surface area contributed by atoms with E-state index in [4.69, 9.17) is 12.2 Å². The molecule has 0 spiro atoms. The van der Waals surface area contributed by atoms with E-state index in [2.05, 4.69) is 10.6 Å². The first-order valence-corrected chi connectivity index (χ1v) is 7.95. The molecule has 0 fully saturated rings. The Hall–Kier alpha value is -2.93. The molecule has 1 aromatic carbocycles. The van der Waals surface area contributed by atoms with Gasteiger partial charge in [0.15, 0.2) is 10.9 Å². The van der Waals surface area contributed by atoms with Crippen LogP contribution in [0, 0.1) is 6.92 Å². The number of nitrogens with one attached hydrogen (secondary N) is 2. The van der Waals surface area contributed by atoms with Crippen LogP contribution in [-0.4, -0.2) is 27.6 Å². The number of benzene rings is 1. The highest BCUT2D eigenvalue weighted by molar-refractivity contribution is 7.80. The number of hydrogen-bond donors (Lipinski definition) is 3. The van der Waals surface area contributed by atoms with Crippen LogP contribution in [-0.2, 0) is 7.05 Å². The number of allylic oxidation sites excluding steroid dienone is 1. The molecule has 0 saturated carbocycles. The van der Waals surface area contributed by atoms with Crippen LogP contribution < -0.4 is 16.2 Å². The molecule has 25 heavy (non-hydrogen) atoms. The number of aryl methyl sites for hydroxylation is 1. The summed E-state index contributed by atoms with van der Waals surface area (Å²) in [6.45, 7) is 1.68. The summed E-state index contributed by atoms with van der Waals surface area (Å²) in [5, 5.41) is 16.2. The number of pyridine rings is 1. The topological polar surface area (TPSA) is 83.4 Å². The Morgan fingerprint density at radius 1 is 1.28 bits per heavy atom. The quantitative estimate of drug-likeness (QED) is 0.442. The van der Waals surface area contributed by atoms with Gasteiger partial charge in [0.25, 0.3) is 5.56 Å². The normalized spacial score (nSPS) is 10.7. The van der Waals surface area contributed by atoms with Crippen LogP contribution in [0.4, 0.5) is 5.69 Å². The number of thiocarbonyl (C=S) groups is 1. The largest absolute Gasteiger partial charge is 0.507 e. The second-order valence-electron chi connectivity index (χ2n) is 5.43. The lowest BCUT2D eigenvalue weighted by Gasteiger charge is -2.07. The molecule has 7 heteroatoms. The fourth-order valence-electron chi connectivity index (χ4n) is 2.16. The molecule has 3 N–H and O–H groups in total. The summed E-state index contributed by atoms with van der Waals surface area (Å²) < 4.78 is 1.33. The van der Waals surface area contributed by atoms with E-state index in [0.29, 0.717) is 10.8 Å². The highest BCUT2D eigenvalue weighted by Gasteiger charge is 2.16. The summed E-state index contributed by atoms with van der Waals surface area (Å²) in [6.07, 6.45) is 2.85. The molecule has 0 aliphatic heterocycles. The van der Waals surface area contributed by atoms with Gasteiger partial charge < -0.3 is 20.3 Å². The standard InChI is InChI=1S/C18H19N3O3S/c1-11-10-15(23)16(17(24)21(11)3)14(22)9-6-12-4-7-13(8-5-12)20-18(25)19-2/h4-10,23H,1-3H3,(H2,19,20,25). The van der Waals surface area contributed by atoms with Gasteiger partial charge in [0.2, 0.25) is 0 Å². The summed E-state index contributed by atoms with van der Waals surface area (Å²) in [5.41, 5.74) is 1.41. The highest BCUT2D eigenvalue weighted by Crippen LogP contribution is 2.16. The second-order valence-corrected chi connectivity index (χ2v) is 5.84. The number of rotatable bonds is 4. The lowest BCUT2D eigenvalue weighted by molar-refractivity contribution is 0.104. The molecule has 0 amide bonds. The fraction of sp³-hybridized carbons (Fsp3) is 0.167. The van der Waals surface area contributed by atoms with Crippen LogP contribution in [0.1, 0.15) is 21.6 Å². The maximum atomic E-state index is 12.3. The van der Waals surface area contributed by atoms with Crippen LogP contribution in [0.2, 0.25) is 0 Å². The lowest BCUT2D eigenvalue weighted by atomic mass is 10.1. The second kappa shape index (κ2) is 7.76. The van der Waals surface area contributed by atoms with E-state index in [1.165, 1.54) is 16.7 Å². The van der Waals surface area contributed by atoms with Crippen molar-refractivity contribution in [3.8, 4) is 5.75 Å². The maximum Gasteiger partial charge on any atom is 0.265 e. The Morgan fingerprint density at radius 3 is 2.52 bits per heavy atom. The molecule has 0 radical (unpaired) electrons. The minimum absolute atomic E-state index is 0.234. The molecule has 2 rings (SSSR count). The molecule has 0 aliphatic carbocycles. The molecule has 1 aromatic heterocycles. The van der Waals surface area contributed by atoms with E-state index in [0.717, 1.165) is 11.3 Å². The Bertz CT molecular complexity index is 899. The third-order valence-electron chi connectivity index (χ3n) is 3.72. The molecular formula is C18H19N3O3S. The van der Waals surface area contributed by atoms with Crippen molar-refractivity contribution in [2.45, 2.75) is 6.92 Å². The first kappa shape index (κ1) is 18.4. The van der Waals surface area contributed by atoms with E-state index >= 15 is 0 Å². The molecule has 0 aliphatic rings. The van der Waals surface area contributed by atoms with Crippen molar-refractivity contribution in [1.82, 2.24) is 9.88 Å². The number of carbonyl (C=O) groups excluding carboxylic acids is 1. The predicted octanol–water partition coefficient (Wildman–Crippen LogP) is 2.21. The van der Waals surface area contributed by atoms with E-state index in [-0.39, 0.29) is 11.3 Å². The van der Waals surface area contributed by atoms with Crippen molar-refractivity contribution >= 4 is 34.9 Å². The Labute approximate surface area is 150 Å². The zero-order chi connectivity index (χ0) is 18.6. The molecule has 0 bridgehead atoms. The van der Waals surface area contributed by atoms with Gasteiger partial charge in [0.05, 0.1) is 0 Å². The summed E-state index contributed by atoms with van der Waals surface area (Å²) >= 11 is 5.02. The minimum atomic E-state index is -0.545. The van der Waals surface area contributed by atoms with Gasteiger partial charge in [-0.15, -0.1) is 0 Å². The first-order valence-electron chi connectivity index (χ1n) is 7.54. The fourth-order valence-corrected chi connectivity index (χ4v) is 2.28. The van der Waals surface area contributed by atoms with E-state index in [1.807, 2.05) is 12.1 Å². The first-order chi connectivity index (χ1) is 11.8. The van der Waals surface area contributed by atoms with E-state index in [1.54, 1.807) is 39.2 Å². The SMILES string of the molecule is CNC(=S)Nc1ccc(C=CC(=O)c2c(O)cc(C)n(C)c2=O)cc1. The Kier molecular flexibility index (Phi) is 5.71. The van der Waals surface area contributed by atoms with Crippen molar-refractivity contribution < 1.29 is 9.90 Å². The Balaban J connectivity index is 2.20. The van der Waals surface area contributed by atoms with Crippen molar-refractivity contribution in [2.75, 3.05) is 12.4 Å². The zero-order valence-electron chi connectivity index (χ0n) is 14.2. The average molecular weight is 357 g/mol. The van der Waals surface area contributed by atoms with Crippen LogP contribution in [0.25, 0.3) is 6.08 Å². The van der Waals surface area contributed by atoms with Gasteiger partial charge >= 0.3 is 0 Å². The molecule has 0 atom stereocenters. The summed E-state index contributed by atoms with van der Waals surface area (Å²) in [7, 11) is 3.28. The number of hydrogen-bond acceptors (Lipinski definition) is 4. The van der Waals surface area contributed by atoms with Crippen molar-refractivity contribution in [1.29, 1.82) is 0 Å². The van der Waals surface area contributed by atoms with Crippen molar-refractivity contribution in [2.24, 2.45) is 7.05 Å². The van der Waals surface area contributed by atoms with Crippen molar-refractivity contribution in [3.05, 3.63) is 63.6 Å². The van der Waals surface area contributed by atoms with Gasteiger partial charge in [-0.05, 0) is 42.9 Å². The average Bonchev–Trinajstić information content (AvgIpc) is 2.59. The van der Waals surface area contributed by atoms with Gasteiger partial charge in [-0.1, -0.05) is 18.2 Å². The van der Waals surface area contributed by atoms with Crippen LogP contribution >= 0.6 is 12.2 Å². The smallest absolute Gasteiger partial charge is 0.265 e. The van der Waals surface area contributed by atoms with Crippen LogP contribution in [0.15, 0.2) is 41.2 Å². The zero-order valence-corrected chi connectivity index (χ0v) is 15.0. The van der Waals surface area contributed by atoms with Crippen LogP contribution in [0.5, 0.6) is 5.75 Å². The van der Waals surface area contributed by atoms with Crippen LogP contribution in [0.3, 0.4) is 0 Å². The molecule has 0 saturated heterocycles. The van der Waals surface area contributed by atoms with Gasteiger partial charge in [-0.25, -0.2) is 0 Å². The molecule has 130 valence electrons. The highest BCUT2D eigenvalue weighted by atomic mass is 32.1. The lowest BCUT2D eigenvalue weighted by Crippen LogP contribution is -2.25. The molecule has 6 nitrogen and oxygen atoms in total. The summed E-state index contributed by atoms with van der Waals surface area (Å²) in [6, 6.07) is 8.63. The monoisotopic (exact) mass is 357 g/mol. The van der Waals surface area contributed by atoms with E-state index < -0.39 is 11.3 Å². The van der Waals surface area contributed by atoms with Gasteiger partial charge in [-0.2, -0.15) is 0 Å². The number of aromatic nitrogens is 1. The maximum absolute atomic E-state index is 12.3. The van der Waals surface area contributed by atoms with Gasteiger partial charge in [0.1, 0.15) is 11.3 Å². The summed E-state index contributed by atoms with van der Waals surface area (Å²) in [5.74, 6) is -0.855.